The van der Waals surface area contributed by atoms with Crippen molar-refractivity contribution in [2.24, 2.45) is 0 Å². The first-order valence-electron chi connectivity index (χ1n) is 7.32. The number of fused-ring (bicyclic) bond motifs is 1. The van der Waals surface area contributed by atoms with Crippen molar-refractivity contribution >= 4 is 22.4 Å². The zero-order chi connectivity index (χ0) is 15.5. The fourth-order valence-corrected chi connectivity index (χ4v) is 2.43. The van der Waals surface area contributed by atoms with Gasteiger partial charge in [0, 0.05) is 35.4 Å². The van der Waals surface area contributed by atoms with Crippen LogP contribution in [0.4, 0.5) is 15.9 Å². The summed E-state index contributed by atoms with van der Waals surface area (Å²) >= 11 is 0. The quantitative estimate of drug-likeness (QED) is 0.629. The topological polar surface area (TPSA) is 79.6 Å². The third-order valence-corrected chi connectivity index (χ3v) is 3.55. The van der Waals surface area contributed by atoms with E-state index in [0.717, 1.165) is 30.5 Å². The van der Waals surface area contributed by atoms with Crippen molar-refractivity contribution in [2.45, 2.75) is 19.8 Å². The Labute approximate surface area is 127 Å². The van der Waals surface area contributed by atoms with Crippen molar-refractivity contribution < 1.29 is 4.39 Å². The van der Waals surface area contributed by atoms with Gasteiger partial charge in [0.2, 0.25) is 0 Å². The van der Waals surface area contributed by atoms with Gasteiger partial charge in [-0.25, -0.2) is 9.37 Å². The molecule has 4 N–H and O–H groups in total. The molecule has 3 rings (SSSR count). The van der Waals surface area contributed by atoms with Gasteiger partial charge in [-0.1, -0.05) is 13.3 Å². The third-order valence-electron chi connectivity index (χ3n) is 3.55. The lowest BCUT2D eigenvalue weighted by molar-refractivity contribution is 0.632. The highest BCUT2D eigenvalue weighted by Crippen LogP contribution is 2.30. The van der Waals surface area contributed by atoms with Crippen molar-refractivity contribution in [3.63, 3.8) is 0 Å². The van der Waals surface area contributed by atoms with E-state index in [9.17, 15) is 4.39 Å². The maximum atomic E-state index is 14.4. The molecular formula is C16H18FN5. The van der Waals surface area contributed by atoms with Crippen molar-refractivity contribution in [1.29, 1.82) is 0 Å². The van der Waals surface area contributed by atoms with Gasteiger partial charge in [0.25, 0.3) is 0 Å². The first-order valence-corrected chi connectivity index (χ1v) is 7.32. The molecule has 2 aromatic heterocycles. The smallest absolute Gasteiger partial charge is 0.133 e. The number of unbranched alkanes of at least 4 members (excludes halogenated alkanes) is 1. The fourth-order valence-electron chi connectivity index (χ4n) is 2.43. The lowest BCUT2D eigenvalue weighted by Gasteiger charge is -2.11. The first kappa shape index (κ1) is 14.3. The molecule has 114 valence electrons. The molecular weight excluding hydrogens is 281 g/mol. The molecule has 3 aromatic rings. The number of nitrogen functional groups attached to an aromatic ring is 1. The van der Waals surface area contributed by atoms with E-state index in [2.05, 4.69) is 27.4 Å². The SMILES string of the molecule is CCCCNc1cc(N)nc2cc(-c3ccn[nH]3)c(F)cc12. The second-order valence-electron chi connectivity index (χ2n) is 5.19. The largest absolute Gasteiger partial charge is 0.384 e. The van der Waals surface area contributed by atoms with E-state index >= 15 is 0 Å². The van der Waals surface area contributed by atoms with Crippen LogP contribution in [0.5, 0.6) is 0 Å². The Kier molecular flexibility index (Phi) is 3.91. The van der Waals surface area contributed by atoms with E-state index in [0.29, 0.717) is 22.6 Å². The van der Waals surface area contributed by atoms with Gasteiger partial charge in [-0.3, -0.25) is 5.10 Å². The van der Waals surface area contributed by atoms with Crippen molar-refractivity contribution in [3.8, 4) is 11.3 Å². The molecule has 5 nitrogen and oxygen atoms in total. The van der Waals surface area contributed by atoms with Crippen LogP contribution in [0, 0.1) is 5.82 Å². The van der Waals surface area contributed by atoms with Crippen LogP contribution in [0.3, 0.4) is 0 Å². The molecule has 0 amide bonds. The van der Waals surface area contributed by atoms with Crippen molar-refractivity contribution in [2.75, 3.05) is 17.6 Å². The average molecular weight is 299 g/mol. The van der Waals surface area contributed by atoms with Gasteiger partial charge >= 0.3 is 0 Å². The molecule has 6 heteroatoms. The molecule has 0 aliphatic heterocycles. The molecule has 2 heterocycles. The number of H-pyrrole nitrogens is 1. The maximum Gasteiger partial charge on any atom is 0.133 e. The van der Waals surface area contributed by atoms with E-state index in [1.807, 2.05) is 0 Å². The molecule has 0 unspecified atom stereocenters. The minimum absolute atomic E-state index is 0.318. The Morgan fingerprint density at radius 2 is 2.18 bits per heavy atom. The van der Waals surface area contributed by atoms with Crippen LogP contribution in [-0.2, 0) is 0 Å². The number of nitrogens with zero attached hydrogens (tertiary/aromatic N) is 2. The van der Waals surface area contributed by atoms with E-state index in [4.69, 9.17) is 5.73 Å². The van der Waals surface area contributed by atoms with Gasteiger partial charge in [-0.2, -0.15) is 5.10 Å². The lowest BCUT2D eigenvalue weighted by atomic mass is 10.1. The van der Waals surface area contributed by atoms with Gasteiger partial charge in [-0.05, 0) is 24.6 Å². The standard InChI is InChI=1S/C16H18FN5/c1-2-3-5-19-14-9-16(18)21-15-8-10(12(17)7-11(14)15)13-4-6-20-22-13/h4,6-9H,2-3,5H2,1H3,(H,20,22)(H3,18,19,21). The van der Waals surface area contributed by atoms with Crippen LogP contribution < -0.4 is 11.1 Å². The predicted octanol–water partition coefficient (Wildman–Crippen LogP) is 3.56. The molecule has 1 aromatic carbocycles. The summed E-state index contributed by atoms with van der Waals surface area (Å²) in [7, 11) is 0. The zero-order valence-electron chi connectivity index (χ0n) is 12.4. The minimum Gasteiger partial charge on any atom is -0.384 e. The molecule has 0 bridgehead atoms. The number of nitrogens with two attached hydrogens (primary N) is 1. The average Bonchev–Trinajstić information content (AvgIpc) is 3.01. The second kappa shape index (κ2) is 6.01. The lowest BCUT2D eigenvalue weighted by Crippen LogP contribution is -2.04. The van der Waals surface area contributed by atoms with Crippen LogP contribution in [0.25, 0.3) is 22.2 Å². The summed E-state index contributed by atoms with van der Waals surface area (Å²) in [6.45, 7) is 2.94. The summed E-state index contributed by atoms with van der Waals surface area (Å²) in [6, 6.07) is 6.65. The molecule has 0 atom stereocenters. The summed E-state index contributed by atoms with van der Waals surface area (Å²) in [5.41, 5.74) is 8.39. The highest BCUT2D eigenvalue weighted by molar-refractivity contribution is 5.95. The van der Waals surface area contributed by atoms with Crippen LogP contribution in [0.15, 0.2) is 30.5 Å². The number of benzene rings is 1. The molecule has 0 aliphatic carbocycles. The van der Waals surface area contributed by atoms with Crippen LogP contribution in [-0.4, -0.2) is 21.7 Å². The summed E-state index contributed by atoms with van der Waals surface area (Å²) in [4.78, 5) is 4.31. The van der Waals surface area contributed by atoms with Gasteiger partial charge < -0.3 is 11.1 Å². The van der Waals surface area contributed by atoms with E-state index in [1.165, 1.54) is 6.07 Å². The number of nitrogens with one attached hydrogen (secondary N) is 2. The Hall–Kier alpha value is -2.63. The number of rotatable bonds is 5. The van der Waals surface area contributed by atoms with Gasteiger partial charge in [0.05, 0.1) is 11.2 Å². The minimum atomic E-state index is -0.318. The molecule has 0 saturated carbocycles. The summed E-state index contributed by atoms with van der Waals surface area (Å²) < 4.78 is 14.4. The third kappa shape index (κ3) is 2.72. The number of halogens is 1. The number of aromatic amines is 1. The monoisotopic (exact) mass is 299 g/mol. The molecule has 22 heavy (non-hydrogen) atoms. The number of pyridine rings is 1. The zero-order valence-corrected chi connectivity index (χ0v) is 12.4. The summed E-state index contributed by atoms with van der Waals surface area (Å²) in [5, 5.41) is 10.7. The van der Waals surface area contributed by atoms with Gasteiger partial charge in [0.1, 0.15) is 11.6 Å². The summed E-state index contributed by atoms with van der Waals surface area (Å²) in [5.74, 6) is 0.0931. The van der Waals surface area contributed by atoms with E-state index in [1.54, 1.807) is 24.4 Å². The van der Waals surface area contributed by atoms with Crippen LogP contribution >= 0.6 is 0 Å². The Morgan fingerprint density at radius 3 is 2.91 bits per heavy atom. The maximum absolute atomic E-state index is 14.4. The van der Waals surface area contributed by atoms with E-state index in [-0.39, 0.29) is 5.82 Å². The van der Waals surface area contributed by atoms with Crippen LogP contribution in [0.1, 0.15) is 19.8 Å². The Morgan fingerprint density at radius 1 is 1.32 bits per heavy atom. The molecule has 0 aliphatic rings. The summed E-state index contributed by atoms with van der Waals surface area (Å²) in [6.07, 6.45) is 3.71. The van der Waals surface area contributed by atoms with Crippen molar-refractivity contribution in [1.82, 2.24) is 15.2 Å². The Balaban J connectivity index is 2.09. The number of anilines is 2. The van der Waals surface area contributed by atoms with Crippen molar-refractivity contribution in [3.05, 3.63) is 36.3 Å². The van der Waals surface area contributed by atoms with Gasteiger partial charge in [-0.15, -0.1) is 0 Å². The highest BCUT2D eigenvalue weighted by atomic mass is 19.1. The molecule has 0 radical (unpaired) electrons. The number of hydrogen-bond donors (Lipinski definition) is 3. The second-order valence-corrected chi connectivity index (χ2v) is 5.19. The normalized spacial score (nSPS) is 11.0. The number of hydrogen-bond acceptors (Lipinski definition) is 4. The van der Waals surface area contributed by atoms with Crippen LogP contribution in [0.2, 0.25) is 0 Å². The predicted molar refractivity (Wildman–Crippen MR) is 87.1 cm³/mol. The van der Waals surface area contributed by atoms with E-state index < -0.39 is 0 Å². The molecule has 0 saturated heterocycles. The molecule has 0 spiro atoms. The fraction of sp³-hybridized carbons (Fsp3) is 0.250. The highest BCUT2D eigenvalue weighted by Gasteiger charge is 2.12. The molecule has 0 fully saturated rings. The Bertz CT molecular complexity index is 783. The number of aromatic nitrogens is 3. The van der Waals surface area contributed by atoms with Gasteiger partial charge in [0.15, 0.2) is 0 Å². The first-order chi connectivity index (χ1) is 10.7.